The van der Waals surface area contributed by atoms with Crippen LogP contribution in [0.2, 0.25) is 0 Å². The Hall–Kier alpha value is -2.02. The zero-order chi connectivity index (χ0) is 14.0. The van der Waals surface area contributed by atoms with Gasteiger partial charge in [-0.2, -0.15) is 17.4 Å². The van der Waals surface area contributed by atoms with E-state index in [0.717, 1.165) is 0 Å². The SMILES string of the molecule is O=C(Oc1ccccc1)c1nn(Cl)cc1C(F)(F)F. The second-order valence-corrected chi connectivity index (χ2v) is 3.83. The summed E-state index contributed by atoms with van der Waals surface area (Å²) in [6, 6.07) is 7.69. The molecule has 0 N–H and O–H groups in total. The van der Waals surface area contributed by atoms with E-state index in [9.17, 15) is 18.0 Å². The topological polar surface area (TPSA) is 44.1 Å². The largest absolute Gasteiger partial charge is 0.422 e. The van der Waals surface area contributed by atoms with Crippen LogP contribution in [0.15, 0.2) is 36.5 Å². The van der Waals surface area contributed by atoms with E-state index in [1.807, 2.05) is 0 Å². The van der Waals surface area contributed by atoms with Crippen LogP contribution in [-0.2, 0) is 6.18 Å². The maximum atomic E-state index is 12.6. The van der Waals surface area contributed by atoms with Gasteiger partial charge in [0.2, 0.25) is 0 Å². The van der Waals surface area contributed by atoms with Gasteiger partial charge in [-0.25, -0.2) is 4.79 Å². The van der Waals surface area contributed by atoms with Crippen LogP contribution in [-0.4, -0.2) is 15.3 Å². The molecule has 4 nitrogen and oxygen atoms in total. The Bertz CT molecular complexity index is 596. The molecule has 0 aliphatic heterocycles. The number of benzene rings is 1. The van der Waals surface area contributed by atoms with Crippen molar-refractivity contribution in [3.8, 4) is 5.75 Å². The van der Waals surface area contributed by atoms with Gasteiger partial charge in [0.15, 0.2) is 5.69 Å². The number of ether oxygens (including phenoxy) is 1. The molecule has 19 heavy (non-hydrogen) atoms. The molecule has 0 aliphatic carbocycles. The number of carbonyl (C=O) groups is 1. The van der Waals surface area contributed by atoms with Crippen molar-refractivity contribution in [2.75, 3.05) is 0 Å². The summed E-state index contributed by atoms with van der Waals surface area (Å²) >= 11 is 5.32. The van der Waals surface area contributed by atoms with E-state index >= 15 is 0 Å². The summed E-state index contributed by atoms with van der Waals surface area (Å²) in [6.45, 7) is 0. The fraction of sp³-hybridized carbons (Fsp3) is 0.0909. The normalized spacial score (nSPS) is 11.4. The van der Waals surface area contributed by atoms with Gasteiger partial charge in [0.05, 0.1) is 6.20 Å². The zero-order valence-corrected chi connectivity index (χ0v) is 9.94. The van der Waals surface area contributed by atoms with Gasteiger partial charge in [0, 0.05) is 11.8 Å². The molecule has 1 heterocycles. The van der Waals surface area contributed by atoms with Crippen LogP contribution in [0, 0.1) is 0 Å². The number of para-hydroxylation sites is 1. The van der Waals surface area contributed by atoms with E-state index in [2.05, 4.69) is 5.10 Å². The third-order valence-corrected chi connectivity index (χ3v) is 2.31. The van der Waals surface area contributed by atoms with Crippen molar-refractivity contribution in [2.45, 2.75) is 6.18 Å². The van der Waals surface area contributed by atoms with Crippen molar-refractivity contribution in [3.05, 3.63) is 47.8 Å². The minimum Gasteiger partial charge on any atom is -0.422 e. The number of hydrogen-bond donors (Lipinski definition) is 0. The summed E-state index contributed by atoms with van der Waals surface area (Å²) in [5.41, 5.74) is -2.13. The molecule has 0 atom stereocenters. The minimum atomic E-state index is -4.74. The van der Waals surface area contributed by atoms with Crippen LogP contribution in [0.1, 0.15) is 16.1 Å². The average molecular weight is 291 g/mol. The molecule has 0 saturated carbocycles. The molecule has 1 aromatic carbocycles. The molecule has 0 radical (unpaired) electrons. The first-order valence-corrected chi connectivity index (χ1v) is 5.32. The Morgan fingerprint density at radius 3 is 2.47 bits per heavy atom. The monoisotopic (exact) mass is 290 g/mol. The number of nitrogens with zero attached hydrogens (tertiary/aromatic N) is 2. The number of aromatic nitrogens is 2. The number of carbonyl (C=O) groups excluding carboxylic acids is 1. The van der Waals surface area contributed by atoms with E-state index in [0.29, 0.717) is 10.4 Å². The molecule has 100 valence electrons. The number of halogens is 4. The average Bonchev–Trinajstić information content (AvgIpc) is 2.72. The highest BCUT2D eigenvalue weighted by Gasteiger charge is 2.39. The van der Waals surface area contributed by atoms with E-state index in [4.69, 9.17) is 16.5 Å². The van der Waals surface area contributed by atoms with Crippen molar-refractivity contribution in [1.82, 2.24) is 9.30 Å². The van der Waals surface area contributed by atoms with Gasteiger partial charge < -0.3 is 4.74 Å². The van der Waals surface area contributed by atoms with Gasteiger partial charge in [-0.05, 0) is 12.1 Å². The fourth-order valence-corrected chi connectivity index (χ4v) is 1.52. The standard InChI is InChI=1S/C11H6ClF3N2O2/c12-17-6-8(11(13,14)15)9(16-17)10(18)19-7-4-2-1-3-5-7/h1-6H. The van der Waals surface area contributed by atoms with Crippen LogP contribution in [0.5, 0.6) is 5.75 Å². The molecular weight excluding hydrogens is 285 g/mol. The lowest BCUT2D eigenvalue weighted by Crippen LogP contribution is -2.16. The van der Waals surface area contributed by atoms with E-state index in [1.165, 1.54) is 12.1 Å². The zero-order valence-electron chi connectivity index (χ0n) is 9.19. The van der Waals surface area contributed by atoms with E-state index in [1.54, 1.807) is 18.2 Å². The Kier molecular flexibility index (Phi) is 3.48. The van der Waals surface area contributed by atoms with Crippen molar-refractivity contribution in [1.29, 1.82) is 0 Å². The summed E-state index contributed by atoms with van der Waals surface area (Å²) < 4.78 is 43.1. The first-order valence-electron chi connectivity index (χ1n) is 4.98. The van der Waals surface area contributed by atoms with Crippen LogP contribution in [0.4, 0.5) is 13.2 Å². The first-order chi connectivity index (χ1) is 8.88. The van der Waals surface area contributed by atoms with Crippen LogP contribution >= 0.6 is 11.8 Å². The molecule has 8 heteroatoms. The number of rotatable bonds is 2. The van der Waals surface area contributed by atoms with Crippen molar-refractivity contribution in [2.24, 2.45) is 0 Å². The molecule has 2 aromatic rings. The number of alkyl halides is 3. The maximum absolute atomic E-state index is 12.6. The molecule has 0 fully saturated rings. The summed E-state index contributed by atoms with van der Waals surface area (Å²) in [6.07, 6.45) is -4.23. The Balaban J connectivity index is 2.30. The first kappa shape index (κ1) is 13.4. The smallest absolute Gasteiger partial charge is 0.420 e. The van der Waals surface area contributed by atoms with Crippen molar-refractivity contribution >= 4 is 17.7 Å². The third-order valence-electron chi connectivity index (χ3n) is 2.14. The fourth-order valence-electron chi connectivity index (χ4n) is 1.35. The van der Waals surface area contributed by atoms with Gasteiger partial charge in [-0.15, -0.1) is 5.10 Å². The minimum absolute atomic E-state index is 0.116. The molecule has 0 aliphatic rings. The van der Waals surface area contributed by atoms with Crippen LogP contribution in [0.3, 0.4) is 0 Å². The number of esters is 1. The number of hydrogen-bond acceptors (Lipinski definition) is 3. The van der Waals surface area contributed by atoms with Gasteiger partial charge in [-0.1, -0.05) is 18.2 Å². The Labute approximate surface area is 110 Å². The second-order valence-electron chi connectivity index (χ2n) is 3.48. The highest BCUT2D eigenvalue weighted by Crippen LogP contribution is 2.32. The molecule has 0 unspecified atom stereocenters. The summed E-state index contributed by atoms with van der Waals surface area (Å²) in [5.74, 6) is -1.11. The third kappa shape index (κ3) is 3.05. The highest BCUT2D eigenvalue weighted by molar-refractivity contribution is 6.15. The lowest BCUT2D eigenvalue weighted by atomic mass is 10.2. The van der Waals surface area contributed by atoms with Gasteiger partial charge in [0.1, 0.15) is 11.3 Å². The molecule has 0 bridgehead atoms. The van der Waals surface area contributed by atoms with Crippen LogP contribution < -0.4 is 4.74 Å². The predicted octanol–water partition coefficient (Wildman–Crippen LogP) is 3.12. The molecule has 0 spiro atoms. The lowest BCUT2D eigenvalue weighted by Gasteiger charge is -2.06. The van der Waals surface area contributed by atoms with Gasteiger partial charge >= 0.3 is 12.1 Å². The summed E-state index contributed by atoms with van der Waals surface area (Å²) in [4.78, 5) is 11.6. The molecule has 1 aromatic heterocycles. The summed E-state index contributed by atoms with van der Waals surface area (Å²) in [5, 5.41) is 3.26. The molecular formula is C11H6ClF3N2O2. The van der Waals surface area contributed by atoms with E-state index in [-0.39, 0.29) is 5.75 Å². The van der Waals surface area contributed by atoms with Crippen molar-refractivity contribution in [3.63, 3.8) is 0 Å². The molecule has 0 saturated heterocycles. The molecule has 0 amide bonds. The summed E-state index contributed by atoms with van der Waals surface area (Å²) in [7, 11) is 0. The predicted molar refractivity (Wildman–Crippen MR) is 59.9 cm³/mol. The van der Waals surface area contributed by atoms with E-state index < -0.39 is 23.4 Å². The van der Waals surface area contributed by atoms with Gasteiger partial charge in [-0.3, -0.25) is 0 Å². The highest BCUT2D eigenvalue weighted by atomic mass is 35.5. The van der Waals surface area contributed by atoms with Gasteiger partial charge in [0.25, 0.3) is 0 Å². The second kappa shape index (κ2) is 4.93. The maximum Gasteiger partial charge on any atom is 0.420 e. The Morgan fingerprint density at radius 1 is 1.26 bits per heavy atom. The lowest BCUT2D eigenvalue weighted by molar-refractivity contribution is -0.138. The van der Waals surface area contributed by atoms with Crippen LogP contribution in [0.25, 0.3) is 0 Å². The quantitative estimate of drug-likeness (QED) is 0.630. The van der Waals surface area contributed by atoms with Crippen molar-refractivity contribution < 1.29 is 22.7 Å². The Morgan fingerprint density at radius 2 is 1.89 bits per heavy atom. The molecule has 2 rings (SSSR count).